The zero-order valence-corrected chi connectivity index (χ0v) is 17.3. The number of hydrogen-bond acceptors (Lipinski definition) is 2. The fraction of sp³-hybridized carbons (Fsp3) is 0.0769. The molecule has 1 aliphatic carbocycles. The van der Waals surface area contributed by atoms with Gasteiger partial charge in [0.2, 0.25) is 0 Å². The largest absolute Gasteiger partial charge is 0.207 e. The molecule has 1 aromatic heterocycles. The molecule has 3 aromatic carbocycles. The van der Waals surface area contributed by atoms with Crippen molar-refractivity contribution in [2.24, 2.45) is 0 Å². The number of rotatable bonds is 1. The number of hydrogen-bond donors (Lipinski definition) is 0. The molecule has 0 saturated carbocycles. The summed E-state index contributed by atoms with van der Waals surface area (Å²) in [5, 5.41) is 3.69. The van der Waals surface area contributed by atoms with Crippen LogP contribution in [0.5, 0.6) is 0 Å². The Kier molecular flexibility index (Phi) is 4.09. The van der Waals surface area contributed by atoms with Crippen molar-refractivity contribution in [3.8, 4) is 11.8 Å². The van der Waals surface area contributed by atoms with Gasteiger partial charge in [-0.05, 0) is 82.1 Å². The molecule has 0 unspecified atom stereocenters. The molecule has 1 aliphatic heterocycles. The highest BCUT2D eigenvalue weighted by Crippen LogP contribution is 2.62. The summed E-state index contributed by atoms with van der Waals surface area (Å²) in [5.74, 6) is 6.32. The standard InChI is InChI=1S/C26H14F2S2/c27-18-6-1-15(2-7-18)3-10-20-24(16-4-8-19(28)9-5-16)26-25(20)21-14-22-17(11-12-29-22)13-23(21)30-26/h1-2,4-9,11-14,25-26H/t25-,26-/m1/s1. The van der Waals surface area contributed by atoms with Gasteiger partial charge in [-0.1, -0.05) is 24.0 Å². The second kappa shape index (κ2) is 6.84. The average Bonchev–Trinajstić information content (AvgIpc) is 3.31. The van der Waals surface area contributed by atoms with Gasteiger partial charge in [0.05, 0.1) is 0 Å². The monoisotopic (exact) mass is 428 g/mol. The molecule has 30 heavy (non-hydrogen) atoms. The first kappa shape index (κ1) is 17.9. The smallest absolute Gasteiger partial charge is 0.123 e. The van der Waals surface area contributed by atoms with E-state index in [1.54, 1.807) is 23.5 Å². The predicted molar refractivity (Wildman–Crippen MR) is 121 cm³/mol. The summed E-state index contributed by atoms with van der Waals surface area (Å²) in [6.07, 6.45) is 0. The number of halogens is 2. The molecule has 0 amide bonds. The minimum absolute atomic E-state index is 0.239. The van der Waals surface area contributed by atoms with Crippen LogP contribution in [0.1, 0.15) is 22.6 Å². The van der Waals surface area contributed by atoms with E-state index in [0.717, 1.165) is 16.7 Å². The summed E-state index contributed by atoms with van der Waals surface area (Å²) in [7, 11) is 0. The van der Waals surface area contributed by atoms with Crippen LogP contribution >= 0.6 is 23.1 Å². The second-order valence-corrected chi connectivity index (χ2v) is 9.59. The van der Waals surface area contributed by atoms with Crippen molar-refractivity contribution < 1.29 is 8.78 Å². The van der Waals surface area contributed by atoms with Crippen LogP contribution in [0.2, 0.25) is 0 Å². The number of thiophene rings is 1. The molecule has 2 heterocycles. The van der Waals surface area contributed by atoms with Crippen molar-refractivity contribution in [3.63, 3.8) is 0 Å². The van der Waals surface area contributed by atoms with Crippen LogP contribution in [0.3, 0.4) is 0 Å². The van der Waals surface area contributed by atoms with E-state index < -0.39 is 0 Å². The van der Waals surface area contributed by atoms with Gasteiger partial charge < -0.3 is 0 Å². The third-order valence-electron chi connectivity index (χ3n) is 5.70. The third kappa shape index (κ3) is 2.81. The fourth-order valence-corrected chi connectivity index (χ4v) is 6.65. The third-order valence-corrected chi connectivity index (χ3v) is 7.95. The molecule has 0 saturated heterocycles. The number of allylic oxidation sites excluding steroid dienone is 1. The second-order valence-electron chi connectivity index (χ2n) is 7.46. The van der Waals surface area contributed by atoms with Gasteiger partial charge in [0.15, 0.2) is 0 Å². The minimum Gasteiger partial charge on any atom is -0.207 e. The van der Waals surface area contributed by atoms with Crippen molar-refractivity contribution in [1.82, 2.24) is 0 Å². The van der Waals surface area contributed by atoms with Crippen molar-refractivity contribution >= 4 is 38.8 Å². The van der Waals surface area contributed by atoms with Crippen molar-refractivity contribution in [3.05, 3.63) is 106 Å². The first-order valence-electron chi connectivity index (χ1n) is 9.63. The lowest BCUT2D eigenvalue weighted by molar-refractivity contribution is 0.627. The summed E-state index contributed by atoms with van der Waals surface area (Å²) in [4.78, 5) is 1.30. The molecule has 0 nitrogen and oxygen atoms in total. The number of benzene rings is 3. The molecule has 0 bridgehead atoms. The van der Waals surface area contributed by atoms with Gasteiger partial charge in [-0.15, -0.1) is 23.1 Å². The highest BCUT2D eigenvalue weighted by atomic mass is 32.2. The molecule has 4 heteroatoms. The summed E-state index contributed by atoms with van der Waals surface area (Å²) in [5.41, 5.74) is 5.39. The van der Waals surface area contributed by atoms with E-state index in [1.807, 2.05) is 23.9 Å². The SMILES string of the molecule is Fc1ccc(C#CC2=C(c3ccc(F)cc3)[C@H]3Sc4cc5ccsc5cc4[C@@H]23)cc1. The van der Waals surface area contributed by atoms with E-state index in [0.29, 0.717) is 5.25 Å². The maximum Gasteiger partial charge on any atom is 0.123 e. The number of fused-ring (bicyclic) bond motifs is 4. The first-order chi connectivity index (χ1) is 14.7. The van der Waals surface area contributed by atoms with Gasteiger partial charge in [-0.25, -0.2) is 8.78 Å². The van der Waals surface area contributed by atoms with Gasteiger partial charge >= 0.3 is 0 Å². The van der Waals surface area contributed by atoms with Gasteiger partial charge in [0, 0.05) is 31.9 Å². The Labute approximate surface area is 181 Å². The van der Waals surface area contributed by atoms with Crippen LogP contribution in [-0.4, -0.2) is 5.25 Å². The van der Waals surface area contributed by atoms with E-state index >= 15 is 0 Å². The van der Waals surface area contributed by atoms with Gasteiger partial charge in [0.1, 0.15) is 11.6 Å². The van der Waals surface area contributed by atoms with Crippen LogP contribution in [0.15, 0.2) is 82.6 Å². The Morgan fingerprint density at radius 3 is 2.30 bits per heavy atom. The molecule has 0 spiro atoms. The Hall–Kier alpha value is -2.87. The lowest BCUT2D eigenvalue weighted by Crippen LogP contribution is -2.26. The highest BCUT2D eigenvalue weighted by Gasteiger charge is 2.47. The van der Waals surface area contributed by atoms with Gasteiger partial charge in [0.25, 0.3) is 0 Å². The lowest BCUT2D eigenvalue weighted by atomic mass is 9.71. The van der Waals surface area contributed by atoms with Crippen molar-refractivity contribution in [1.29, 1.82) is 0 Å². The molecule has 144 valence electrons. The first-order valence-corrected chi connectivity index (χ1v) is 11.4. The zero-order valence-electron chi connectivity index (χ0n) is 15.7. The van der Waals surface area contributed by atoms with Crippen LogP contribution < -0.4 is 0 Å². The molecular formula is C26H14F2S2. The lowest BCUT2D eigenvalue weighted by Gasteiger charge is -2.35. The van der Waals surface area contributed by atoms with Crippen LogP contribution in [0, 0.1) is 23.5 Å². The van der Waals surface area contributed by atoms with E-state index in [1.165, 1.54) is 50.4 Å². The van der Waals surface area contributed by atoms with E-state index in [2.05, 4.69) is 35.4 Å². The minimum atomic E-state index is -0.267. The van der Waals surface area contributed by atoms with E-state index in [4.69, 9.17) is 0 Å². The topological polar surface area (TPSA) is 0 Å². The van der Waals surface area contributed by atoms with Gasteiger partial charge in [-0.3, -0.25) is 0 Å². The number of thioether (sulfide) groups is 1. The van der Waals surface area contributed by atoms with Crippen LogP contribution in [0.4, 0.5) is 8.78 Å². The van der Waals surface area contributed by atoms with Gasteiger partial charge in [-0.2, -0.15) is 0 Å². The molecule has 4 aromatic rings. The normalized spacial score (nSPS) is 19.1. The Morgan fingerprint density at radius 1 is 0.800 bits per heavy atom. The molecular weight excluding hydrogens is 414 g/mol. The zero-order chi connectivity index (χ0) is 20.2. The summed E-state index contributed by atoms with van der Waals surface area (Å²) in [6.45, 7) is 0. The van der Waals surface area contributed by atoms with Crippen LogP contribution in [-0.2, 0) is 0 Å². The summed E-state index contributed by atoms with van der Waals surface area (Å²) in [6, 6.07) is 19.7. The van der Waals surface area contributed by atoms with Crippen LogP contribution in [0.25, 0.3) is 15.7 Å². The maximum absolute atomic E-state index is 13.5. The maximum atomic E-state index is 13.5. The quantitative estimate of drug-likeness (QED) is 0.288. The molecule has 0 N–H and O–H groups in total. The molecule has 2 aliphatic rings. The Balaban J connectivity index is 1.48. The predicted octanol–water partition coefficient (Wildman–Crippen LogP) is 7.26. The molecule has 0 fully saturated rings. The average molecular weight is 429 g/mol. The summed E-state index contributed by atoms with van der Waals surface area (Å²) >= 11 is 3.63. The molecule has 6 rings (SSSR count). The molecule has 2 atom stereocenters. The Morgan fingerprint density at radius 2 is 1.53 bits per heavy atom. The fourth-order valence-electron chi connectivity index (χ4n) is 4.24. The Bertz CT molecular complexity index is 1380. The molecule has 0 radical (unpaired) electrons. The van der Waals surface area contributed by atoms with E-state index in [-0.39, 0.29) is 17.6 Å². The summed E-state index contributed by atoms with van der Waals surface area (Å²) < 4.78 is 28.0. The highest BCUT2D eigenvalue weighted by molar-refractivity contribution is 8.00. The van der Waals surface area contributed by atoms with Crippen molar-refractivity contribution in [2.75, 3.05) is 0 Å². The van der Waals surface area contributed by atoms with Crippen molar-refractivity contribution in [2.45, 2.75) is 16.1 Å². The van der Waals surface area contributed by atoms with E-state index in [9.17, 15) is 8.78 Å².